The van der Waals surface area contributed by atoms with Gasteiger partial charge in [0, 0.05) is 19.5 Å². The van der Waals surface area contributed by atoms with Crippen molar-refractivity contribution >= 4 is 26.7 Å². The van der Waals surface area contributed by atoms with Gasteiger partial charge in [-0.1, -0.05) is 36.3 Å². The number of piperidine rings is 1. The predicted octanol–water partition coefficient (Wildman–Crippen LogP) is 2.66. The SMILES string of the molecule is O=C([C@H](CC#Cc1cnc[nH]1)NS(=O)(=O)c1ccc2ccccc2c1)N1CCCCC1. The summed E-state index contributed by atoms with van der Waals surface area (Å²) in [6, 6.07) is 11.5. The summed E-state index contributed by atoms with van der Waals surface area (Å²) in [5.41, 5.74) is 0.613. The average molecular weight is 437 g/mol. The maximum Gasteiger partial charge on any atom is 0.241 e. The van der Waals surface area contributed by atoms with Crippen molar-refractivity contribution < 1.29 is 13.2 Å². The summed E-state index contributed by atoms with van der Waals surface area (Å²) in [7, 11) is -3.90. The number of aromatic amines is 1. The van der Waals surface area contributed by atoms with Crippen molar-refractivity contribution in [1.29, 1.82) is 0 Å². The summed E-state index contributed by atoms with van der Waals surface area (Å²) in [4.78, 5) is 21.8. The van der Waals surface area contributed by atoms with Crippen LogP contribution in [0.15, 0.2) is 59.9 Å². The Balaban J connectivity index is 1.58. The molecule has 2 N–H and O–H groups in total. The Bertz CT molecular complexity index is 1220. The number of H-pyrrole nitrogens is 1. The quantitative estimate of drug-likeness (QED) is 0.601. The average Bonchev–Trinajstić information content (AvgIpc) is 3.31. The number of nitrogens with zero attached hydrogens (tertiary/aromatic N) is 2. The lowest BCUT2D eigenvalue weighted by Crippen LogP contribution is -2.49. The molecule has 0 unspecified atom stereocenters. The van der Waals surface area contributed by atoms with E-state index in [0.717, 1.165) is 30.0 Å². The molecule has 0 spiro atoms. The minimum atomic E-state index is -3.90. The van der Waals surface area contributed by atoms with Crippen molar-refractivity contribution in [2.45, 2.75) is 36.6 Å². The van der Waals surface area contributed by atoms with Gasteiger partial charge < -0.3 is 9.88 Å². The van der Waals surface area contributed by atoms with Gasteiger partial charge in [-0.2, -0.15) is 4.72 Å². The van der Waals surface area contributed by atoms with E-state index in [2.05, 4.69) is 26.5 Å². The van der Waals surface area contributed by atoms with E-state index in [1.54, 1.807) is 29.3 Å². The molecule has 1 fully saturated rings. The van der Waals surface area contributed by atoms with Crippen LogP contribution in [0.4, 0.5) is 0 Å². The number of carbonyl (C=O) groups excluding carboxylic acids is 1. The van der Waals surface area contributed by atoms with Crippen LogP contribution in [-0.2, 0) is 14.8 Å². The molecule has 0 aliphatic carbocycles. The maximum absolute atomic E-state index is 13.1. The number of sulfonamides is 1. The summed E-state index contributed by atoms with van der Waals surface area (Å²) in [6.45, 7) is 1.28. The summed E-state index contributed by atoms with van der Waals surface area (Å²) >= 11 is 0. The summed E-state index contributed by atoms with van der Waals surface area (Å²) in [6.07, 6.45) is 6.10. The Morgan fingerprint density at radius 1 is 1.13 bits per heavy atom. The second kappa shape index (κ2) is 9.33. The zero-order valence-electron chi connectivity index (χ0n) is 17.0. The van der Waals surface area contributed by atoms with Crippen molar-refractivity contribution in [2.24, 2.45) is 0 Å². The molecule has 2 heterocycles. The van der Waals surface area contributed by atoms with E-state index in [1.165, 1.54) is 6.33 Å². The van der Waals surface area contributed by atoms with Gasteiger partial charge in [0.15, 0.2) is 0 Å². The molecule has 1 aliphatic rings. The van der Waals surface area contributed by atoms with Crippen LogP contribution >= 0.6 is 0 Å². The van der Waals surface area contributed by atoms with Crippen molar-refractivity contribution in [3.63, 3.8) is 0 Å². The first kappa shape index (κ1) is 21.1. The maximum atomic E-state index is 13.1. The lowest BCUT2D eigenvalue weighted by molar-refractivity contribution is -0.133. The Hall–Kier alpha value is -3.15. The van der Waals surface area contributed by atoms with Gasteiger partial charge >= 0.3 is 0 Å². The van der Waals surface area contributed by atoms with Crippen LogP contribution in [0.2, 0.25) is 0 Å². The van der Waals surface area contributed by atoms with E-state index < -0.39 is 16.1 Å². The molecule has 3 aromatic rings. The summed E-state index contributed by atoms with van der Waals surface area (Å²) in [5, 5.41) is 1.77. The highest BCUT2D eigenvalue weighted by Crippen LogP contribution is 2.20. The second-order valence-electron chi connectivity index (χ2n) is 7.54. The van der Waals surface area contributed by atoms with Crippen LogP contribution in [-0.4, -0.2) is 48.3 Å². The number of aromatic nitrogens is 2. The van der Waals surface area contributed by atoms with Crippen molar-refractivity contribution in [3.8, 4) is 11.8 Å². The molecular formula is C23H24N4O3S. The predicted molar refractivity (Wildman–Crippen MR) is 119 cm³/mol. The molecule has 1 aromatic heterocycles. The molecule has 1 atom stereocenters. The lowest BCUT2D eigenvalue weighted by Gasteiger charge is -2.30. The van der Waals surface area contributed by atoms with Gasteiger partial charge in [0.25, 0.3) is 0 Å². The smallest absolute Gasteiger partial charge is 0.241 e. The largest absolute Gasteiger partial charge is 0.341 e. The van der Waals surface area contributed by atoms with Crippen LogP contribution in [0.3, 0.4) is 0 Å². The highest BCUT2D eigenvalue weighted by atomic mass is 32.2. The number of nitrogens with one attached hydrogen (secondary N) is 2. The zero-order chi connectivity index (χ0) is 21.7. The summed E-state index contributed by atoms with van der Waals surface area (Å²) in [5.74, 6) is 5.57. The molecule has 8 heteroatoms. The van der Waals surface area contributed by atoms with Crippen LogP contribution in [0.5, 0.6) is 0 Å². The third-order valence-electron chi connectivity index (χ3n) is 5.32. The van der Waals surface area contributed by atoms with Gasteiger partial charge in [-0.3, -0.25) is 4.79 Å². The number of likely N-dealkylation sites (tertiary alicyclic amines) is 1. The van der Waals surface area contributed by atoms with Gasteiger partial charge in [-0.05, 0) is 48.1 Å². The minimum absolute atomic E-state index is 0.0706. The van der Waals surface area contributed by atoms with E-state index in [0.29, 0.717) is 18.8 Å². The highest BCUT2D eigenvalue weighted by molar-refractivity contribution is 7.89. The van der Waals surface area contributed by atoms with Gasteiger partial charge in [0.05, 0.1) is 17.4 Å². The molecule has 160 valence electrons. The number of hydrogen-bond donors (Lipinski definition) is 2. The highest BCUT2D eigenvalue weighted by Gasteiger charge is 2.29. The number of imidazole rings is 1. The molecule has 1 amide bonds. The van der Waals surface area contributed by atoms with Crippen molar-refractivity contribution in [2.75, 3.05) is 13.1 Å². The van der Waals surface area contributed by atoms with Crippen LogP contribution < -0.4 is 4.72 Å². The molecule has 31 heavy (non-hydrogen) atoms. The first-order valence-corrected chi connectivity index (χ1v) is 11.8. The normalized spacial score (nSPS) is 15.3. The zero-order valence-corrected chi connectivity index (χ0v) is 17.9. The topological polar surface area (TPSA) is 95.2 Å². The fraction of sp³-hybridized carbons (Fsp3) is 0.304. The lowest BCUT2D eigenvalue weighted by atomic mass is 10.1. The number of benzene rings is 2. The molecule has 0 bridgehead atoms. The Morgan fingerprint density at radius 2 is 1.90 bits per heavy atom. The molecule has 7 nitrogen and oxygen atoms in total. The third-order valence-corrected chi connectivity index (χ3v) is 6.79. The van der Waals surface area contributed by atoms with Gasteiger partial charge in [0.1, 0.15) is 11.7 Å². The Kier molecular flexibility index (Phi) is 6.35. The molecule has 1 saturated heterocycles. The third kappa shape index (κ3) is 5.13. The van der Waals surface area contributed by atoms with Crippen molar-refractivity contribution in [3.05, 3.63) is 60.7 Å². The van der Waals surface area contributed by atoms with Crippen LogP contribution in [0.25, 0.3) is 10.8 Å². The second-order valence-corrected chi connectivity index (χ2v) is 9.25. The fourth-order valence-electron chi connectivity index (χ4n) is 3.68. The number of rotatable bonds is 5. The van der Waals surface area contributed by atoms with E-state index in [4.69, 9.17) is 0 Å². The molecule has 0 saturated carbocycles. The van der Waals surface area contributed by atoms with E-state index in [9.17, 15) is 13.2 Å². The molecule has 0 radical (unpaired) electrons. The number of carbonyl (C=O) groups is 1. The Morgan fingerprint density at radius 3 is 2.65 bits per heavy atom. The van der Waals surface area contributed by atoms with Gasteiger partial charge in [-0.25, -0.2) is 13.4 Å². The van der Waals surface area contributed by atoms with Gasteiger partial charge in [-0.15, -0.1) is 0 Å². The molecular weight excluding hydrogens is 412 g/mol. The minimum Gasteiger partial charge on any atom is -0.341 e. The summed E-state index contributed by atoms with van der Waals surface area (Å²) < 4.78 is 28.8. The fourth-order valence-corrected chi connectivity index (χ4v) is 4.90. The number of fused-ring (bicyclic) bond motifs is 1. The van der Waals surface area contributed by atoms with E-state index >= 15 is 0 Å². The van der Waals surface area contributed by atoms with Crippen LogP contribution in [0.1, 0.15) is 31.4 Å². The van der Waals surface area contributed by atoms with E-state index in [1.807, 2.05) is 24.3 Å². The molecule has 1 aliphatic heterocycles. The van der Waals surface area contributed by atoms with Gasteiger partial charge in [0.2, 0.25) is 15.9 Å². The van der Waals surface area contributed by atoms with Crippen LogP contribution in [0, 0.1) is 11.8 Å². The standard InChI is InChI=1S/C23H24N4O3S/c28-23(27-13-4-1-5-14-27)22(10-6-9-20-16-24-17-25-20)26-31(29,30)21-12-11-18-7-2-3-8-19(18)15-21/h2-3,7-8,11-12,15-17,22,26H,1,4-5,10,13-14H2,(H,24,25)/t22-/m0/s1. The number of hydrogen-bond acceptors (Lipinski definition) is 4. The first-order chi connectivity index (χ1) is 15.0. The number of amides is 1. The van der Waals surface area contributed by atoms with E-state index in [-0.39, 0.29) is 17.2 Å². The Labute approximate surface area is 181 Å². The first-order valence-electron chi connectivity index (χ1n) is 10.3. The molecule has 2 aromatic carbocycles. The molecule has 4 rings (SSSR count). The van der Waals surface area contributed by atoms with Crippen molar-refractivity contribution in [1.82, 2.24) is 19.6 Å². The monoisotopic (exact) mass is 436 g/mol.